The Morgan fingerprint density at radius 1 is 1.25 bits per heavy atom. The van der Waals surface area contributed by atoms with Crippen LogP contribution in [0.5, 0.6) is 5.75 Å². The zero-order chi connectivity index (χ0) is 14.8. The molecule has 3 atom stereocenters. The van der Waals surface area contributed by atoms with E-state index in [1.54, 1.807) is 7.11 Å². The van der Waals surface area contributed by atoms with E-state index in [0.29, 0.717) is 6.04 Å². The highest BCUT2D eigenvalue weighted by Crippen LogP contribution is 2.31. The highest BCUT2D eigenvalue weighted by atomic mass is 16.5. The van der Waals surface area contributed by atoms with Gasteiger partial charge in [0, 0.05) is 19.6 Å². The van der Waals surface area contributed by atoms with Gasteiger partial charge in [0.15, 0.2) is 0 Å². The quantitative estimate of drug-likeness (QED) is 0.866. The van der Waals surface area contributed by atoms with Crippen molar-refractivity contribution < 1.29 is 9.47 Å². The molecule has 2 rings (SSSR count). The molecule has 0 spiro atoms. The number of methoxy groups -OCH3 is 1. The summed E-state index contributed by atoms with van der Waals surface area (Å²) in [5.74, 6) is 0.933. The third kappa shape index (κ3) is 2.99. The Balaban J connectivity index is 1.98. The fourth-order valence-corrected chi connectivity index (χ4v) is 2.66. The van der Waals surface area contributed by atoms with Crippen LogP contribution in [0, 0.1) is 0 Å². The first-order chi connectivity index (χ1) is 9.51. The summed E-state index contributed by atoms with van der Waals surface area (Å²) >= 11 is 0. The SMILES string of the molecule is CCC(C)(C)c1ccc(OC2CC(NC)C2OC)cc1. The van der Waals surface area contributed by atoms with Gasteiger partial charge < -0.3 is 14.8 Å². The zero-order valence-electron chi connectivity index (χ0n) is 13.3. The Morgan fingerprint density at radius 2 is 1.90 bits per heavy atom. The van der Waals surface area contributed by atoms with Gasteiger partial charge in [-0.05, 0) is 36.6 Å². The van der Waals surface area contributed by atoms with E-state index in [-0.39, 0.29) is 17.6 Å². The predicted octanol–water partition coefficient (Wildman–Crippen LogP) is 3.13. The molecule has 1 N–H and O–H groups in total. The summed E-state index contributed by atoms with van der Waals surface area (Å²) in [4.78, 5) is 0. The summed E-state index contributed by atoms with van der Waals surface area (Å²) in [6.07, 6.45) is 2.43. The maximum absolute atomic E-state index is 6.02. The molecule has 20 heavy (non-hydrogen) atoms. The molecule has 0 amide bonds. The van der Waals surface area contributed by atoms with Gasteiger partial charge in [-0.25, -0.2) is 0 Å². The molecule has 1 aliphatic rings. The predicted molar refractivity (Wildman–Crippen MR) is 82.4 cm³/mol. The van der Waals surface area contributed by atoms with Gasteiger partial charge in [0.25, 0.3) is 0 Å². The molecule has 0 radical (unpaired) electrons. The average Bonchev–Trinajstić information content (AvgIpc) is 2.44. The second-order valence-corrected chi connectivity index (χ2v) is 6.25. The topological polar surface area (TPSA) is 30.5 Å². The van der Waals surface area contributed by atoms with Crippen LogP contribution < -0.4 is 10.1 Å². The van der Waals surface area contributed by atoms with Gasteiger partial charge in [-0.2, -0.15) is 0 Å². The maximum Gasteiger partial charge on any atom is 0.128 e. The zero-order valence-corrected chi connectivity index (χ0v) is 13.3. The minimum Gasteiger partial charge on any atom is -0.488 e. The Bertz CT molecular complexity index is 427. The van der Waals surface area contributed by atoms with Crippen LogP contribution in [0.1, 0.15) is 39.2 Å². The third-order valence-corrected chi connectivity index (χ3v) is 4.70. The molecular formula is C17H27NO2. The minimum atomic E-state index is 0.145. The number of likely N-dealkylation sites (N-methyl/N-ethyl adjacent to an activating group) is 1. The molecule has 3 unspecified atom stereocenters. The molecule has 1 saturated carbocycles. The van der Waals surface area contributed by atoms with Gasteiger partial charge >= 0.3 is 0 Å². The van der Waals surface area contributed by atoms with E-state index in [1.807, 2.05) is 7.05 Å². The highest BCUT2D eigenvalue weighted by Gasteiger charge is 2.42. The van der Waals surface area contributed by atoms with Gasteiger partial charge in [0.1, 0.15) is 18.0 Å². The van der Waals surface area contributed by atoms with E-state index in [4.69, 9.17) is 9.47 Å². The number of hydrogen-bond acceptors (Lipinski definition) is 3. The van der Waals surface area contributed by atoms with E-state index in [0.717, 1.165) is 18.6 Å². The lowest BCUT2D eigenvalue weighted by molar-refractivity contribution is -0.0869. The van der Waals surface area contributed by atoms with Crippen LogP contribution in [-0.4, -0.2) is 32.4 Å². The van der Waals surface area contributed by atoms with Crippen molar-refractivity contribution in [1.82, 2.24) is 5.32 Å². The van der Waals surface area contributed by atoms with Crippen molar-refractivity contribution in [3.8, 4) is 5.75 Å². The van der Waals surface area contributed by atoms with E-state index < -0.39 is 0 Å². The molecule has 1 aliphatic carbocycles. The first kappa shape index (κ1) is 15.3. The summed E-state index contributed by atoms with van der Waals surface area (Å²) in [7, 11) is 3.71. The molecule has 1 fully saturated rings. The summed E-state index contributed by atoms with van der Waals surface area (Å²) in [5.41, 5.74) is 1.58. The number of benzene rings is 1. The van der Waals surface area contributed by atoms with E-state index in [1.165, 1.54) is 5.56 Å². The number of ether oxygens (including phenoxy) is 2. The Morgan fingerprint density at radius 3 is 2.40 bits per heavy atom. The Labute approximate surface area is 122 Å². The summed E-state index contributed by atoms with van der Waals surface area (Å²) in [5, 5.41) is 3.25. The van der Waals surface area contributed by atoms with Crippen molar-refractivity contribution in [2.45, 2.75) is 57.3 Å². The van der Waals surface area contributed by atoms with Crippen molar-refractivity contribution >= 4 is 0 Å². The van der Waals surface area contributed by atoms with Crippen LogP contribution >= 0.6 is 0 Å². The lowest BCUT2D eigenvalue weighted by Crippen LogP contribution is -2.60. The maximum atomic E-state index is 6.02. The van der Waals surface area contributed by atoms with Crippen molar-refractivity contribution in [2.75, 3.05) is 14.2 Å². The van der Waals surface area contributed by atoms with Gasteiger partial charge in [-0.15, -0.1) is 0 Å². The normalized spacial score (nSPS) is 26.1. The molecule has 0 heterocycles. The average molecular weight is 277 g/mol. The van der Waals surface area contributed by atoms with Gasteiger partial charge in [0.05, 0.1) is 0 Å². The van der Waals surface area contributed by atoms with Crippen LogP contribution in [0.3, 0.4) is 0 Å². The molecule has 0 aromatic heterocycles. The van der Waals surface area contributed by atoms with Crippen LogP contribution in [0.4, 0.5) is 0 Å². The Hall–Kier alpha value is -1.06. The second kappa shape index (κ2) is 6.15. The van der Waals surface area contributed by atoms with Crippen molar-refractivity contribution in [3.63, 3.8) is 0 Å². The number of rotatable bonds is 6. The van der Waals surface area contributed by atoms with Crippen molar-refractivity contribution in [2.24, 2.45) is 0 Å². The molecule has 0 saturated heterocycles. The molecule has 1 aromatic rings. The highest BCUT2D eigenvalue weighted by molar-refractivity contribution is 5.32. The summed E-state index contributed by atoms with van der Waals surface area (Å²) in [6, 6.07) is 8.91. The molecular weight excluding hydrogens is 250 g/mol. The lowest BCUT2D eigenvalue weighted by Gasteiger charge is -2.43. The number of hydrogen-bond donors (Lipinski definition) is 1. The molecule has 0 bridgehead atoms. The third-order valence-electron chi connectivity index (χ3n) is 4.70. The van der Waals surface area contributed by atoms with Crippen LogP contribution in [0.15, 0.2) is 24.3 Å². The second-order valence-electron chi connectivity index (χ2n) is 6.25. The largest absolute Gasteiger partial charge is 0.488 e. The minimum absolute atomic E-state index is 0.145. The van der Waals surface area contributed by atoms with E-state index in [9.17, 15) is 0 Å². The fourth-order valence-electron chi connectivity index (χ4n) is 2.66. The molecule has 3 nitrogen and oxygen atoms in total. The van der Waals surface area contributed by atoms with Crippen LogP contribution in [-0.2, 0) is 10.2 Å². The Kier molecular flexibility index (Phi) is 4.71. The first-order valence-corrected chi connectivity index (χ1v) is 7.49. The molecule has 1 aromatic carbocycles. The van der Waals surface area contributed by atoms with Crippen LogP contribution in [0.25, 0.3) is 0 Å². The summed E-state index contributed by atoms with van der Waals surface area (Å²) < 4.78 is 11.5. The van der Waals surface area contributed by atoms with Gasteiger partial charge in [-0.1, -0.05) is 32.9 Å². The lowest BCUT2D eigenvalue weighted by atomic mass is 9.82. The monoisotopic (exact) mass is 277 g/mol. The fraction of sp³-hybridized carbons (Fsp3) is 0.647. The summed E-state index contributed by atoms with van der Waals surface area (Å²) in [6.45, 7) is 6.76. The van der Waals surface area contributed by atoms with E-state index >= 15 is 0 Å². The standard InChI is InChI=1S/C17H27NO2/c1-6-17(2,3)12-7-9-13(10-8-12)20-15-11-14(18-4)16(15)19-5/h7-10,14-16,18H,6,11H2,1-5H3. The van der Waals surface area contributed by atoms with Crippen molar-refractivity contribution in [3.05, 3.63) is 29.8 Å². The molecule has 3 heteroatoms. The first-order valence-electron chi connectivity index (χ1n) is 7.49. The van der Waals surface area contributed by atoms with Crippen LogP contribution in [0.2, 0.25) is 0 Å². The van der Waals surface area contributed by atoms with Gasteiger partial charge in [0.2, 0.25) is 0 Å². The van der Waals surface area contributed by atoms with Crippen molar-refractivity contribution in [1.29, 1.82) is 0 Å². The molecule has 112 valence electrons. The smallest absolute Gasteiger partial charge is 0.128 e. The molecule has 0 aliphatic heterocycles. The number of nitrogens with one attached hydrogen (secondary N) is 1. The van der Waals surface area contributed by atoms with Gasteiger partial charge in [-0.3, -0.25) is 0 Å². The van der Waals surface area contributed by atoms with E-state index in [2.05, 4.69) is 50.4 Å².